The zero-order valence-electron chi connectivity index (χ0n) is 9.97. The number of amides is 1. The van der Waals surface area contributed by atoms with Crippen molar-refractivity contribution >= 4 is 11.7 Å². The van der Waals surface area contributed by atoms with Crippen LogP contribution in [0.15, 0.2) is 29.4 Å². The van der Waals surface area contributed by atoms with Crippen LogP contribution in [-0.2, 0) is 11.2 Å². The predicted octanol–water partition coefficient (Wildman–Crippen LogP) is 0.577. The number of hydrogen-bond donors (Lipinski definition) is 4. The van der Waals surface area contributed by atoms with Crippen LogP contribution in [0.5, 0.6) is 5.75 Å². The number of amidine groups is 1. The van der Waals surface area contributed by atoms with Gasteiger partial charge in [-0.1, -0.05) is 17.3 Å². The Morgan fingerprint density at radius 2 is 2.22 bits per heavy atom. The Kier molecular flexibility index (Phi) is 5.50. The number of carbonyl (C=O) groups excluding carboxylic acids is 1. The molecule has 0 saturated heterocycles. The van der Waals surface area contributed by atoms with E-state index in [1.807, 2.05) is 0 Å². The van der Waals surface area contributed by atoms with Crippen LogP contribution in [0.1, 0.15) is 18.4 Å². The van der Waals surface area contributed by atoms with Crippen molar-refractivity contribution in [1.29, 1.82) is 0 Å². The predicted molar refractivity (Wildman–Crippen MR) is 67.5 cm³/mol. The summed E-state index contributed by atoms with van der Waals surface area (Å²) < 4.78 is 0. The van der Waals surface area contributed by atoms with Crippen LogP contribution in [0.2, 0.25) is 0 Å². The number of benzene rings is 1. The molecule has 0 unspecified atom stereocenters. The van der Waals surface area contributed by atoms with Crippen LogP contribution in [0.3, 0.4) is 0 Å². The van der Waals surface area contributed by atoms with Gasteiger partial charge in [0.2, 0.25) is 5.91 Å². The lowest BCUT2D eigenvalue weighted by atomic mass is 10.1. The summed E-state index contributed by atoms with van der Waals surface area (Å²) in [7, 11) is 0. The van der Waals surface area contributed by atoms with Crippen LogP contribution >= 0.6 is 0 Å². The molecule has 6 heteroatoms. The van der Waals surface area contributed by atoms with Gasteiger partial charge in [0.1, 0.15) is 11.6 Å². The second kappa shape index (κ2) is 7.16. The summed E-state index contributed by atoms with van der Waals surface area (Å²) in [5, 5.41) is 23.1. The molecule has 0 aliphatic heterocycles. The molecule has 1 rings (SSSR count). The molecule has 0 aliphatic rings. The highest BCUT2D eigenvalue weighted by atomic mass is 16.4. The quantitative estimate of drug-likeness (QED) is 0.195. The largest absolute Gasteiger partial charge is 0.508 e. The average Bonchev–Trinajstić information content (AvgIpc) is 2.34. The second-order valence-corrected chi connectivity index (χ2v) is 3.89. The number of nitrogens with one attached hydrogen (secondary N) is 1. The first-order valence-electron chi connectivity index (χ1n) is 5.63. The molecule has 18 heavy (non-hydrogen) atoms. The van der Waals surface area contributed by atoms with E-state index in [1.54, 1.807) is 24.3 Å². The Balaban J connectivity index is 2.26. The first-order chi connectivity index (χ1) is 8.61. The first kappa shape index (κ1) is 13.8. The zero-order chi connectivity index (χ0) is 13.4. The van der Waals surface area contributed by atoms with Crippen molar-refractivity contribution in [2.75, 3.05) is 6.54 Å². The molecule has 1 amide bonds. The minimum atomic E-state index is -0.125. The Bertz CT molecular complexity index is 432. The summed E-state index contributed by atoms with van der Waals surface area (Å²) in [5.74, 6) is 0.171. The highest BCUT2D eigenvalue weighted by molar-refractivity contribution is 5.80. The summed E-state index contributed by atoms with van der Waals surface area (Å²) in [6.07, 6.45) is 1.27. The van der Waals surface area contributed by atoms with Gasteiger partial charge in [-0.2, -0.15) is 0 Å². The van der Waals surface area contributed by atoms with Crippen LogP contribution in [0.4, 0.5) is 0 Å². The van der Waals surface area contributed by atoms with Gasteiger partial charge in [-0.15, -0.1) is 0 Å². The van der Waals surface area contributed by atoms with Gasteiger partial charge >= 0.3 is 0 Å². The van der Waals surface area contributed by atoms with Gasteiger partial charge in [-0.05, 0) is 24.1 Å². The fraction of sp³-hybridized carbons (Fsp3) is 0.333. The number of carbonyl (C=O) groups is 1. The highest BCUT2D eigenvalue weighted by Crippen LogP contribution is 2.11. The summed E-state index contributed by atoms with van der Waals surface area (Å²) in [6.45, 7) is 0.466. The Labute approximate surface area is 105 Å². The number of phenols is 1. The van der Waals surface area contributed by atoms with Gasteiger partial charge in [0, 0.05) is 13.0 Å². The van der Waals surface area contributed by atoms with Crippen molar-refractivity contribution in [3.05, 3.63) is 29.8 Å². The molecule has 0 heterocycles. The third-order valence-electron chi connectivity index (χ3n) is 2.34. The SMILES string of the molecule is NC(CCCNC(=O)Cc1cccc(O)c1)=NO. The number of aromatic hydroxyl groups is 1. The standard InChI is InChI=1S/C12H17N3O3/c13-11(15-18)5-2-6-14-12(17)8-9-3-1-4-10(16)7-9/h1,3-4,7,16,18H,2,5-6,8H2,(H2,13,15)(H,14,17). The zero-order valence-corrected chi connectivity index (χ0v) is 9.97. The third kappa shape index (κ3) is 5.20. The van der Waals surface area contributed by atoms with E-state index in [-0.39, 0.29) is 23.9 Å². The number of nitrogens with zero attached hydrogens (tertiary/aromatic N) is 1. The Morgan fingerprint density at radius 3 is 2.89 bits per heavy atom. The first-order valence-corrected chi connectivity index (χ1v) is 5.63. The number of hydrogen-bond acceptors (Lipinski definition) is 4. The Hall–Kier alpha value is -2.24. The molecular formula is C12H17N3O3. The lowest BCUT2D eigenvalue weighted by Gasteiger charge is -2.05. The van der Waals surface area contributed by atoms with Crippen molar-refractivity contribution in [3.63, 3.8) is 0 Å². The second-order valence-electron chi connectivity index (χ2n) is 3.89. The number of rotatable bonds is 6. The fourth-order valence-corrected chi connectivity index (χ4v) is 1.46. The molecule has 98 valence electrons. The van der Waals surface area contributed by atoms with Gasteiger partial charge in [0.15, 0.2) is 0 Å². The minimum absolute atomic E-state index is 0.125. The van der Waals surface area contributed by atoms with E-state index < -0.39 is 0 Å². The lowest BCUT2D eigenvalue weighted by molar-refractivity contribution is -0.120. The normalized spacial score (nSPS) is 11.2. The van der Waals surface area contributed by atoms with Crippen molar-refractivity contribution in [2.24, 2.45) is 10.9 Å². The van der Waals surface area contributed by atoms with Crippen LogP contribution < -0.4 is 11.1 Å². The maximum Gasteiger partial charge on any atom is 0.224 e. The van der Waals surface area contributed by atoms with E-state index >= 15 is 0 Å². The highest BCUT2D eigenvalue weighted by Gasteiger charge is 2.03. The van der Waals surface area contributed by atoms with E-state index in [9.17, 15) is 9.90 Å². The minimum Gasteiger partial charge on any atom is -0.508 e. The fourth-order valence-electron chi connectivity index (χ4n) is 1.46. The molecule has 0 fully saturated rings. The van der Waals surface area contributed by atoms with Crippen molar-refractivity contribution < 1.29 is 15.1 Å². The molecule has 0 spiro atoms. The van der Waals surface area contributed by atoms with Gasteiger partial charge in [0.05, 0.1) is 6.42 Å². The van der Waals surface area contributed by atoms with Gasteiger partial charge in [0.25, 0.3) is 0 Å². The van der Waals surface area contributed by atoms with Crippen LogP contribution in [-0.4, -0.2) is 28.6 Å². The molecule has 6 nitrogen and oxygen atoms in total. The van der Waals surface area contributed by atoms with Crippen molar-refractivity contribution in [2.45, 2.75) is 19.3 Å². The molecular weight excluding hydrogens is 234 g/mol. The van der Waals surface area contributed by atoms with E-state index in [1.165, 1.54) is 0 Å². The van der Waals surface area contributed by atoms with E-state index in [0.717, 1.165) is 5.56 Å². The molecule has 5 N–H and O–H groups in total. The summed E-state index contributed by atoms with van der Waals surface area (Å²) >= 11 is 0. The van der Waals surface area contributed by atoms with Crippen molar-refractivity contribution in [1.82, 2.24) is 5.32 Å². The number of oxime groups is 1. The maximum atomic E-state index is 11.5. The topological polar surface area (TPSA) is 108 Å². The van der Waals surface area contributed by atoms with E-state index in [0.29, 0.717) is 19.4 Å². The average molecular weight is 251 g/mol. The maximum absolute atomic E-state index is 11.5. The smallest absolute Gasteiger partial charge is 0.224 e. The molecule has 0 radical (unpaired) electrons. The van der Waals surface area contributed by atoms with Crippen molar-refractivity contribution in [3.8, 4) is 5.75 Å². The van der Waals surface area contributed by atoms with E-state index in [4.69, 9.17) is 10.9 Å². The van der Waals surface area contributed by atoms with Crippen LogP contribution in [0.25, 0.3) is 0 Å². The summed E-state index contributed by atoms with van der Waals surface area (Å²) in [6, 6.07) is 6.57. The molecule has 0 saturated carbocycles. The molecule has 0 atom stereocenters. The molecule has 0 aromatic heterocycles. The number of nitrogens with two attached hydrogens (primary N) is 1. The van der Waals surface area contributed by atoms with E-state index in [2.05, 4.69) is 10.5 Å². The van der Waals surface area contributed by atoms with Gasteiger partial charge < -0.3 is 21.4 Å². The summed E-state index contributed by atoms with van der Waals surface area (Å²) in [5.41, 5.74) is 6.04. The molecule has 1 aromatic rings. The molecule has 1 aromatic carbocycles. The number of phenolic OH excluding ortho intramolecular Hbond substituents is 1. The third-order valence-corrected chi connectivity index (χ3v) is 2.34. The Morgan fingerprint density at radius 1 is 1.44 bits per heavy atom. The monoisotopic (exact) mass is 251 g/mol. The van der Waals surface area contributed by atoms with Gasteiger partial charge in [-0.3, -0.25) is 4.79 Å². The lowest BCUT2D eigenvalue weighted by Crippen LogP contribution is -2.27. The van der Waals surface area contributed by atoms with Crippen LogP contribution in [0, 0.1) is 0 Å². The summed E-state index contributed by atoms with van der Waals surface area (Å²) in [4.78, 5) is 11.5. The molecule has 0 aliphatic carbocycles. The van der Waals surface area contributed by atoms with Gasteiger partial charge in [-0.25, -0.2) is 0 Å². The molecule has 0 bridgehead atoms.